The Morgan fingerprint density at radius 2 is 1.93 bits per heavy atom. The summed E-state index contributed by atoms with van der Waals surface area (Å²) < 4.78 is 7.23. The van der Waals surface area contributed by atoms with Crippen molar-refractivity contribution in [3.05, 3.63) is 41.7 Å². The zero-order valence-electron chi connectivity index (χ0n) is 17.7. The average molecular weight is 399 g/mol. The zero-order chi connectivity index (χ0) is 20.2. The van der Waals surface area contributed by atoms with Crippen LogP contribution < -0.4 is 4.74 Å². The van der Waals surface area contributed by atoms with Gasteiger partial charge < -0.3 is 9.84 Å². The number of unbranched alkanes of at least 4 members (excludes halogenated alkanes) is 3. The lowest BCUT2D eigenvalue weighted by molar-refractivity contribution is -0.00776. The van der Waals surface area contributed by atoms with E-state index < -0.39 is 6.10 Å². The Bertz CT molecular complexity index is 771. The fraction of sp³-hybridized carbons (Fsp3) is 0.652. The molecule has 1 aliphatic heterocycles. The van der Waals surface area contributed by atoms with Crippen LogP contribution in [0.15, 0.2) is 30.5 Å². The highest BCUT2D eigenvalue weighted by molar-refractivity contribution is 5.29. The van der Waals surface area contributed by atoms with Crippen LogP contribution in [0.3, 0.4) is 0 Å². The van der Waals surface area contributed by atoms with Crippen molar-refractivity contribution in [2.75, 3.05) is 20.2 Å². The van der Waals surface area contributed by atoms with Crippen LogP contribution >= 0.6 is 0 Å². The molecule has 3 atom stereocenters. The third kappa shape index (κ3) is 4.81. The van der Waals surface area contributed by atoms with Crippen LogP contribution in [0.4, 0.5) is 0 Å². The summed E-state index contributed by atoms with van der Waals surface area (Å²) in [6, 6.07) is 8.49. The standard InChI is InChI=1S/C23H34N4O2/c1-3-4-5-6-13-26-16-22(27-15-20(24-25-27)17-7-8-17)23(28)14-21(26)18-9-11-19(29-2)12-10-18/h9-12,15,17,21-23,28H,3-8,13-14,16H2,1-2H3/t21-,22-,23-/m0/s1. The van der Waals surface area contributed by atoms with E-state index in [0.717, 1.165) is 24.5 Å². The van der Waals surface area contributed by atoms with Gasteiger partial charge in [0.15, 0.2) is 0 Å². The molecule has 1 N–H and O–H groups in total. The molecule has 0 unspecified atom stereocenters. The van der Waals surface area contributed by atoms with Crippen molar-refractivity contribution >= 4 is 0 Å². The molecule has 1 saturated carbocycles. The van der Waals surface area contributed by atoms with Crippen molar-refractivity contribution in [2.45, 2.75) is 76.0 Å². The molecule has 0 spiro atoms. The maximum absolute atomic E-state index is 11.0. The molecule has 6 nitrogen and oxygen atoms in total. The summed E-state index contributed by atoms with van der Waals surface area (Å²) in [4.78, 5) is 2.54. The Hall–Kier alpha value is -1.92. The number of aromatic nitrogens is 3. The van der Waals surface area contributed by atoms with Crippen molar-refractivity contribution in [3.63, 3.8) is 0 Å². The molecular formula is C23H34N4O2. The first-order chi connectivity index (χ1) is 14.2. The third-order valence-electron chi connectivity index (χ3n) is 6.43. The smallest absolute Gasteiger partial charge is 0.118 e. The number of ether oxygens (including phenoxy) is 1. The molecule has 6 heteroatoms. The molecule has 1 aromatic carbocycles. The minimum absolute atomic E-state index is 0.0318. The fourth-order valence-electron chi connectivity index (χ4n) is 4.46. The third-order valence-corrected chi connectivity index (χ3v) is 6.43. The lowest BCUT2D eigenvalue weighted by Crippen LogP contribution is -2.46. The van der Waals surface area contributed by atoms with Crippen LogP contribution in [0.5, 0.6) is 5.75 Å². The van der Waals surface area contributed by atoms with Gasteiger partial charge in [-0.1, -0.05) is 43.5 Å². The number of likely N-dealkylation sites (tertiary alicyclic amines) is 1. The summed E-state index contributed by atoms with van der Waals surface area (Å²) in [6.07, 6.45) is 9.75. The normalized spacial score (nSPS) is 25.3. The van der Waals surface area contributed by atoms with E-state index in [4.69, 9.17) is 4.74 Å². The SMILES string of the molecule is CCCCCCN1C[C@H](n2cc(C3CC3)nn2)[C@@H](O)C[C@H]1c1ccc(OC)cc1. The fourth-order valence-corrected chi connectivity index (χ4v) is 4.46. The van der Waals surface area contributed by atoms with Gasteiger partial charge in [0.2, 0.25) is 0 Å². The molecule has 2 fully saturated rings. The Labute approximate surface area is 173 Å². The van der Waals surface area contributed by atoms with Crippen molar-refractivity contribution in [1.82, 2.24) is 19.9 Å². The van der Waals surface area contributed by atoms with Gasteiger partial charge in [-0.05, 0) is 49.9 Å². The molecule has 2 heterocycles. The van der Waals surface area contributed by atoms with Gasteiger partial charge in [0.1, 0.15) is 5.75 Å². The number of benzene rings is 1. The number of hydrogen-bond donors (Lipinski definition) is 1. The maximum atomic E-state index is 11.0. The maximum Gasteiger partial charge on any atom is 0.118 e. The Kier molecular flexibility index (Phi) is 6.50. The average Bonchev–Trinajstić information content (AvgIpc) is 3.49. The molecular weight excluding hydrogens is 364 g/mol. The van der Waals surface area contributed by atoms with Crippen LogP contribution in [0.2, 0.25) is 0 Å². The molecule has 158 valence electrons. The molecule has 2 aliphatic rings. The Morgan fingerprint density at radius 3 is 2.62 bits per heavy atom. The summed E-state index contributed by atoms with van der Waals surface area (Å²) in [5.74, 6) is 1.45. The van der Waals surface area contributed by atoms with Crippen molar-refractivity contribution in [2.24, 2.45) is 0 Å². The first-order valence-corrected chi connectivity index (χ1v) is 11.2. The molecule has 1 aliphatic carbocycles. The summed E-state index contributed by atoms with van der Waals surface area (Å²) in [5.41, 5.74) is 2.33. The molecule has 29 heavy (non-hydrogen) atoms. The van der Waals surface area contributed by atoms with Crippen molar-refractivity contribution < 1.29 is 9.84 Å². The van der Waals surface area contributed by atoms with E-state index in [-0.39, 0.29) is 12.1 Å². The first-order valence-electron chi connectivity index (χ1n) is 11.2. The molecule has 0 radical (unpaired) electrons. The minimum atomic E-state index is -0.428. The molecule has 4 rings (SSSR count). The van der Waals surface area contributed by atoms with E-state index in [2.05, 4.69) is 40.5 Å². The summed E-state index contributed by atoms with van der Waals surface area (Å²) in [7, 11) is 1.69. The lowest BCUT2D eigenvalue weighted by Gasteiger charge is -2.42. The molecule has 1 aromatic heterocycles. The second-order valence-corrected chi connectivity index (χ2v) is 8.61. The highest BCUT2D eigenvalue weighted by Crippen LogP contribution is 2.40. The van der Waals surface area contributed by atoms with E-state index >= 15 is 0 Å². The van der Waals surface area contributed by atoms with Crippen LogP contribution in [0.25, 0.3) is 0 Å². The number of nitrogens with zero attached hydrogens (tertiary/aromatic N) is 4. The predicted octanol–water partition coefficient (Wildman–Crippen LogP) is 4.09. The summed E-state index contributed by atoms with van der Waals surface area (Å²) >= 11 is 0. The molecule has 2 aromatic rings. The van der Waals surface area contributed by atoms with E-state index in [1.165, 1.54) is 44.1 Å². The first kappa shape index (κ1) is 20.4. The quantitative estimate of drug-likeness (QED) is 0.645. The summed E-state index contributed by atoms with van der Waals surface area (Å²) in [6.45, 7) is 4.09. The van der Waals surface area contributed by atoms with Crippen molar-refractivity contribution in [1.29, 1.82) is 0 Å². The van der Waals surface area contributed by atoms with Gasteiger partial charge in [0, 0.05) is 24.7 Å². The monoisotopic (exact) mass is 398 g/mol. The Morgan fingerprint density at radius 1 is 1.14 bits per heavy atom. The van der Waals surface area contributed by atoms with Crippen molar-refractivity contribution in [3.8, 4) is 5.75 Å². The van der Waals surface area contributed by atoms with E-state index in [1.54, 1.807) is 7.11 Å². The van der Waals surface area contributed by atoms with Gasteiger partial charge in [0.25, 0.3) is 0 Å². The Balaban J connectivity index is 1.50. The molecule has 1 saturated heterocycles. The zero-order valence-corrected chi connectivity index (χ0v) is 17.7. The van der Waals surface area contributed by atoms with Crippen LogP contribution in [0, 0.1) is 0 Å². The summed E-state index contributed by atoms with van der Waals surface area (Å²) in [5, 5.41) is 19.8. The number of hydrogen-bond acceptors (Lipinski definition) is 5. The van der Waals surface area contributed by atoms with Gasteiger partial charge in [-0.3, -0.25) is 4.90 Å². The van der Waals surface area contributed by atoms with E-state index in [0.29, 0.717) is 12.3 Å². The minimum Gasteiger partial charge on any atom is -0.497 e. The van der Waals surface area contributed by atoms with Gasteiger partial charge in [0.05, 0.1) is 24.9 Å². The van der Waals surface area contributed by atoms with Gasteiger partial charge in [-0.25, -0.2) is 4.68 Å². The van der Waals surface area contributed by atoms with Crippen LogP contribution in [-0.2, 0) is 0 Å². The lowest BCUT2D eigenvalue weighted by atomic mass is 9.90. The number of aliphatic hydroxyl groups is 1. The van der Waals surface area contributed by atoms with E-state index in [1.807, 2.05) is 16.8 Å². The van der Waals surface area contributed by atoms with Gasteiger partial charge in [-0.15, -0.1) is 5.10 Å². The highest BCUT2D eigenvalue weighted by atomic mass is 16.5. The van der Waals surface area contributed by atoms with Gasteiger partial charge in [-0.2, -0.15) is 0 Å². The number of piperidine rings is 1. The molecule has 0 bridgehead atoms. The van der Waals surface area contributed by atoms with Gasteiger partial charge >= 0.3 is 0 Å². The largest absolute Gasteiger partial charge is 0.497 e. The topological polar surface area (TPSA) is 63.4 Å². The second kappa shape index (κ2) is 9.26. The second-order valence-electron chi connectivity index (χ2n) is 8.61. The predicted molar refractivity (Wildman–Crippen MR) is 113 cm³/mol. The highest BCUT2D eigenvalue weighted by Gasteiger charge is 2.37. The number of aliphatic hydroxyl groups excluding tert-OH is 1. The van der Waals surface area contributed by atoms with E-state index in [9.17, 15) is 5.11 Å². The number of rotatable bonds is 9. The van der Waals surface area contributed by atoms with Crippen LogP contribution in [0.1, 0.15) is 81.1 Å². The van der Waals surface area contributed by atoms with Crippen LogP contribution in [-0.4, -0.2) is 51.3 Å². The number of methoxy groups -OCH3 is 1. The molecule has 0 amide bonds.